The van der Waals surface area contributed by atoms with Crippen molar-refractivity contribution >= 4 is 28.6 Å². The third-order valence-corrected chi connectivity index (χ3v) is 5.61. The number of benzene rings is 1. The maximum atomic E-state index is 12.8. The first-order valence-electron chi connectivity index (χ1n) is 9.06. The molecule has 3 heterocycles. The van der Waals surface area contributed by atoms with E-state index >= 15 is 0 Å². The summed E-state index contributed by atoms with van der Waals surface area (Å²) in [4.78, 5) is 26.7. The van der Waals surface area contributed by atoms with Crippen molar-refractivity contribution in [2.45, 2.75) is 37.8 Å². The second-order valence-corrected chi connectivity index (χ2v) is 7.66. The van der Waals surface area contributed by atoms with Gasteiger partial charge < -0.3 is 13.9 Å². The molecule has 1 saturated carbocycles. The van der Waals surface area contributed by atoms with Gasteiger partial charge in [-0.25, -0.2) is 4.79 Å². The van der Waals surface area contributed by atoms with E-state index in [0.717, 1.165) is 25.1 Å². The van der Waals surface area contributed by atoms with Crippen LogP contribution in [0.2, 0.25) is 5.02 Å². The van der Waals surface area contributed by atoms with Gasteiger partial charge in [0, 0.05) is 30.1 Å². The lowest BCUT2D eigenvalue weighted by molar-refractivity contribution is -0.130. The van der Waals surface area contributed by atoms with Crippen molar-refractivity contribution in [3.63, 3.8) is 0 Å². The molecule has 0 radical (unpaired) electrons. The van der Waals surface area contributed by atoms with Crippen LogP contribution in [-0.4, -0.2) is 43.2 Å². The van der Waals surface area contributed by atoms with Crippen LogP contribution in [-0.2, 0) is 11.3 Å². The summed E-state index contributed by atoms with van der Waals surface area (Å²) in [5, 5.41) is 8.78. The van der Waals surface area contributed by atoms with Crippen molar-refractivity contribution in [1.29, 1.82) is 0 Å². The largest absolute Gasteiger partial charge is 0.420 e. The van der Waals surface area contributed by atoms with Gasteiger partial charge in [0.05, 0.1) is 11.6 Å². The Kier molecular flexibility index (Phi) is 3.82. The van der Waals surface area contributed by atoms with Crippen LogP contribution >= 0.6 is 11.6 Å². The molecule has 0 N–H and O–H groups in total. The first-order valence-corrected chi connectivity index (χ1v) is 9.44. The smallest absolute Gasteiger partial charge is 0.408 e. The molecule has 1 aliphatic carbocycles. The predicted octanol–water partition coefficient (Wildman–Crippen LogP) is 2.19. The topological polar surface area (TPSA) is 86.2 Å². The van der Waals surface area contributed by atoms with E-state index in [-0.39, 0.29) is 18.5 Å². The van der Waals surface area contributed by atoms with Crippen LogP contribution in [0.5, 0.6) is 0 Å². The number of oxazole rings is 1. The van der Waals surface area contributed by atoms with Crippen molar-refractivity contribution in [2.75, 3.05) is 13.1 Å². The van der Waals surface area contributed by atoms with E-state index < -0.39 is 5.76 Å². The Morgan fingerprint density at radius 1 is 1.30 bits per heavy atom. The fourth-order valence-corrected chi connectivity index (χ4v) is 3.95. The third kappa shape index (κ3) is 2.93. The molecule has 2 aromatic heterocycles. The van der Waals surface area contributed by atoms with E-state index in [0.29, 0.717) is 35.1 Å². The molecule has 2 fully saturated rings. The van der Waals surface area contributed by atoms with Gasteiger partial charge in [0.15, 0.2) is 5.58 Å². The Bertz CT molecular complexity index is 1080. The Hall–Kier alpha value is -2.61. The van der Waals surface area contributed by atoms with E-state index in [4.69, 9.17) is 16.0 Å². The summed E-state index contributed by atoms with van der Waals surface area (Å²) in [7, 11) is 0. The number of fused-ring (bicyclic) bond motifs is 1. The molecule has 0 bridgehead atoms. The van der Waals surface area contributed by atoms with E-state index in [1.165, 1.54) is 4.57 Å². The van der Waals surface area contributed by atoms with Crippen molar-refractivity contribution in [3.8, 4) is 0 Å². The van der Waals surface area contributed by atoms with Crippen LogP contribution in [0.15, 0.2) is 33.7 Å². The molecule has 1 amide bonds. The fraction of sp³-hybridized carbons (Fsp3) is 0.444. The van der Waals surface area contributed by atoms with Gasteiger partial charge in [-0.3, -0.25) is 9.36 Å². The van der Waals surface area contributed by atoms with Crippen molar-refractivity contribution in [3.05, 3.63) is 45.9 Å². The molecule has 1 saturated heterocycles. The zero-order chi connectivity index (χ0) is 18.5. The van der Waals surface area contributed by atoms with Crippen LogP contribution in [0, 0.1) is 0 Å². The Balaban J connectivity index is 1.33. The van der Waals surface area contributed by atoms with Gasteiger partial charge in [-0.15, -0.1) is 10.2 Å². The predicted molar refractivity (Wildman–Crippen MR) is 97.7 cm³/mol. The Labute approximate surface area is 159 Å². The lowest BCUT2D eigenvalue weighted by Gasteiger charge is -2.18. The highest BCUT2D eigenvalue weighted by atomic mass is 35.5. The molecule has 1 aromatic carbocycles. The first-order chi connectivity index (χ1) is 13.1. The molecule has 2 aliphatic rings. The zero-order valence-electron chi connectivity index (χ0n) is 14.5. The SMILES string of the molecule is O=C(Cn1c(=O)oc2cc(Cl)ccc21)N1CCC(n2cnnc2C2CC2)C1. The highest BCUT2D eigenvalue weighted by Gasteiger charge is 2.34. The molecule has 9 heteroatoms. The summed E-state index contributed by atoms with van der Waals surface area (Å²) in [6.07, 6.45) is 4.95. The molecule has 27 heavy (non-hydrogen) atoms. The number of carbonyl (C=O) groups excluding carboxylic acids is 1. The second kappa shape index (κ2) is 6.23. The molecule has 3 aromatic rings. The summed E-state index contributed by atoms with van der Waals surface area (Å²) >= 11 is 5.93. The van der Waals surface area contributed by atoms with E-state index in [9.17, 15) is 9.59 Å². The number of hydrogen-bond acceptors (Lipinski definition) is 5. The highest BCUT2D eigenvalue weighted by Crippen LogP contribution is 2.40. The number of likely N-dealkylation sites (tertiary alicyclic amines) is 1. The first kappa shape index (κ1) is 16.6. The van der Waals surface area contributed by atoms with Gasteiger partial charge in [-0.05, 0) is 31.4 Å². The average Bonchev–Trinajstić information content (AvgIpc) is 3.06. The quantitative estimate of drug-likeness (QED) is 0.685. The molecule has 8 nitrogen and oxygen atoms in total. The number of hydrogen-bond donors (Lipinski definition) is 0. The van der Waals surface area contributed by atoms with Gasteiger partial charge in [0.1, 0.15) is 18.7 Å². The van der Waals surface area contributed by atoms with E-state index in [1.54, 1.807) is 29.4 Å². The minimum absolute atomic E-state index is 0.0438. The molecule has 1 unspecified atom stereocenters. The minimum Gasteiger partial charge on any atom is -0.408 e. The van der Waals surface area contributed by atoms with Gasteiger partial charge in [-0.1, -0.05) is 11.6 Å². The molecule has 5 rings (SSSR count). The minimum atomic E-state index is -0.550. The van der Waals surface area contributed by atoms with E-state index in [2.05, 4.69) is 14.8 Å². The van der Waals surface area contributed by atoms with Crippen LogP contribution in [0.4, 0.5) is 0 Å². The van der Waals surface area contributed by atoms with Crippen molar-refractivity contribution in [2.24, 2.45) is 0 Å². The van der Waals surface area contributed by atoms with Crippen LogP contribution < -0.4 is 5.76 Å². The standard InChI is InChI=1S/C18H18ClN5O3/c19-12-3-4-14-15(7-12)27-18(26)23(14)9-16(25)22-6-5-13(8-22)24-10-20-21-17(24)11-1-2-11/h3-4,7,10-11,13H,1-2,5-6,8-9H2. The van der Waals surface area contributed by atoms with Crippen LogP contribution in [0.1, 0.15) is 37.0 Å². The number of aromatic nitrogens is 4. The molecule has 140 valence electrons. The summed E-state index contributed by atoms with van der Waals surface area (Å²) < 4.78 is 8.68. The van der Waals surface area contributed by atoms with E-state index in [1.807, 2.05) is 0 Å². The highest BCUT2D eigenvalue weighted by molar-refractivity contribution is 6.31. The van der Waals surface area contributed by atoms with Crippen LogP contribution in [0.3, 0.4) is 0 Å². The molecule has 0 spiro atoms. The number of rotatable bonds is 4. The van der Waals surface area contributed by atoms with Crippen molar-refractivity contribution in [1.82, 2.24) is 24.2 Å². The van der Waals surface area contributed by atoms with Crippen LogP contribution in [0.25, 0.3) is 11.1 Å². The normalized spacial score (nSPS) is 19.9. The number of amides is 1. The molecular formula is C18H18ClN5O3. The van der Waals surface area contributed by atoms with Gasteiger partial charge in [0.2, 0.25) is 5.91 Å². The lowest BCUT2D eigenvalue weighted by atomic mass is 10.2. The number of nitrogens with zero attached hydrogens (tertiary/aromatic N) is 5. The zero-order valence-corrected chi connectivity index (χ0v) is 15.3. The summed E-state index contributed by atoms with van der Waals surface area (Å²) in [6, 6.07) is 5.14. The maximum absolute atomic E-state index is 12.8. The summed E-state index contributed by atoms with van der Waals surface area (Å²) in [5.74, 6) is 0.896. The molecule has 1 aliphatic heterocycles. The number of halogens is 1. The summed E-state index contributed by atoms with van der Waals surface area (Å²) in [6.45, 7) is 1.22. The molecule has 1 atom stereocenters. The second-order valence-electron chi connectivity index (χ2n) is 7.22. The molecular weight excluding hydrogens is 370 g/mol. The monoisotopic (exact) mass is 387 g/mol. The lowest BCUT2D eigenvalue weighted by Crippen LogP contribution is -2.34. The third-order valence-electron chi connectivity index (χ3n) is 5.38. The van der Waals surface area contributed by atoms with Gasteiger partial charge in [0.25, 0.3) is 0 Å². The summed E-state index contributed by atoms with van der Waals surface area (Å²) in [5.41, 5.74) is 0.960. The Morgan fingerprint density at radius 2 is 2.15 bits per heavy atom. The Morgan fingerprint density at radius 3 is 2.96 bits per heavy atom. The maximum Gasteiger partial charge on any atom is 0.420 e. The number of carbonyl (C=O) groups is 1. The fourth-order valence-electron chi connectivity index (χ4n) is 3.79. The van der Waals surface area contributed by atoms with Gasteiger partial charge in [-0.2, -0.15) is 0 Å². The average molecular weight is 388 g/mol. The van der Waals surface area contributed by atoms with Crippen molar-refractivity contribution < 1.29 is 9.21 Å². The van der Waals surface area contributed by atoms with Gasteiger partial charge >= 0.3 is 5.76 Å².